The quantitative estimate of drug-likeness (QED) is 0.606. The zero-order valence-corrected chi connectivity index (χ0v) is 14.7. The number of fused-ring (bicyclic) bond motifs is 1. The Hall–Kier alpha value is -3.32. The van der Waals surface area contributed by atoms with Gasteiger partial charge in [0, 0.05) is 18.1 Å². The van der Waals surface area contributed by atoms with Gasteiger partial charge in [-0.05, 0) is 48.9 Å². The Morgan fingerprint density at radius 1 is 1.23 bits per heavy atom. The summed E-state index contributed by atoms with van der Waals surface area (Å²) >= 11 is 1.50. The third kappa shape index (κ3) is 2.89. The number of carbonyl (C=O) groups is 1. The highest BCUT2D eigenvalue weighted by molar-refractivity contribution is 7.16. The van der Waals surface area contributed by atoms with Crippen LogP contribution < -0.4 is 10.9 Å². The van der Waals surface area contributed by atoms with Gasteiger partial charge in [0.05, 0.1) is 27.6 Å². The molecule has 1 N–H and O–H groups in total. The van der Waals surface area contributed by atoms with Crippen molar-refractivity contribution in [3.63, 3.8) is 0 Å². The molecule has 0 saturated carbocycles. The average Bonchev–Trinajstić information content (AvgIpc) is 3.10. The van der Waals surface area contributed by atoms with Crippen molar-refractivity contribution >= 4 is 33.1 Å². The van der Waals surface area contributed by atoms with Crippen molar-refractivity contribution in [2.24, 2.45) is 0 Å². The molecule has 7 heteroatoms. The van der Waals surface area contributed by atoms with Gasteiger partial charge in [-0.1, -0.05) is 0 Å². The van der Waals surface area contributed by atoms with Gasteiger partial charge < -0.3 is 5.32 Å². The van der Waals surface area contributed by atoms with Gasteiger partial charge >= 0.3 is 0 Å². The van der Waals surface area contributed by atoms with Gasteiger partial charge in [0.1, 0.15) is 5.56 Å². The van der Waals surface area contributed by atoms with Crippen LogP contribution in [0.25, 0.3) is 15.9 Å². The highest BCUT2D eigenvalue weighted by atomic mass is 32.1. The van der Waals surface area contributed by atoms with Crippen LogP contribution in [0.1, 0.15) is 15.9 Å². The molecule has 0 atom stereocenters. The molecule has 1 amide bonds. The zero-order valence-electron chi connectivity index (χ0n) is 13.8. The molecule has 3 heterocycles. The minimum absolute atomic E-state index is 0.112. The summed E-state index contributed by atoms with van der Waals surface area (Å²) < 4.78 is 2.39. The Kier molecular flexibility index (Phi) is 4.06. The van der Waals surface area contributed by atoms with Crippen LogP contribution in [0.4, 0.5) is 5.69 Å². The van der Waals surface area contributed by atoms with E-state index in [2.05, 4.69) is 15.3 Å². The van der Waals surface area contributed by atoms with E-state index in [1.165, 1.54) is 15.9 Å². The van der Waals surface area contributed by atoms with Crippen molar-refractivity contribution in [3.05, 3.63) is 82.0 Å². The molecule has 6 nitrogen and oxygen atoms in total. The number of anilines is 1. The van der Waals surface area contributed by atoms with Crippen LogP contribution in [0.5, 0.6) is 0 Å². The Balaban J connectivity index is 1.72. The van der Waals surface area contributed by atoms with E-state index in [9.17, 15) is 9.59 Å². The maximum Gasteiger partial charge on any atom is 0.268 e. The third-order valence-corrected chi connectivity index (χ3v) is 4.83. The average molecular weight is 362 g/mol. The van der Waals surface area contributed by atoms with Crippen molar-refractivity contribution in [1.29, 1.82) is 0 Å². The SMILES string of the molecule is Cc1ccn(-c2cccnc2)c(=O)c1C(=O)Nc1ccc2ncsc2c1. The van der Waals surface area contributed by atoms with Gasteiger partial charge in [0.25, 0.3) is 11.5 Å². The minimum atomic E-state index is -0.436. The first kappa shape index (κ1) is 16.2. The monoisotopic (exact) mass is 362 g/mol. The van der Waals surface area contributed by atoms with E-state index in [1.54, 1.807) is 55.3 Å². The molecule has 128 valence electrons. The van der Waals surface area contributed by atoms with Gasteiger partial charge in [-0.3, -0.25) is 19.1 Å². The summed E-state index contributed by atoms with van der Waals surface area (Å²) in [6, 6.07) is 10.7. The fraction of sp³-hybridized carbons (Fsp3) is 0.0526. The lowest BCUT2D eigenvalue weighted by Gasteiger charge is -2.11. The number of amides is 1. The number of pyridine rings is 2. The van der Waals surface area contributed by atoms with E-state index in [0.29, 0.717) is 16.9 Å². The first-order valence-corrected chi connectivity index (χ1v) is 8.79. The first-order valence-electron chi connectivity index (χ1n) is 7.91. The van der Waals surface area contributed by atoms with Crippen LogP contribution in [0, 0.1) is 6.92 Å². The zero-order chi connectivity index (χ0) is 18.1. The number of thiazole rings is 1. The summed E-state index contributed by atoms with van der Waals surface area (Å²) in [7, 11) is 0. The molecule has 26 heavy (non-hydrogen) atoms. The molecular formula is C19H14N4O2S. The van der Waals surface area contributed by atoms with Crippen molar-refractivity contribution in [3.8, 4) is 5.69 Å². The lowest BCUT2D eigenvalue weighted by molar-refractivity contribution is 0.102. The van der Waals surface area contributed by atoms with Crippen LogP contribution in [-0.2, 0) is 0 Å². The van der Waals surface area contributed by atoms with E-state index < -0.39 is 5.91 Å². The van der Waals surface area contributed by atoms with Crippen LogP contribution in [0.2, 0.25) is 0 Å². The largest absolute Gasteiger partial charge is 0.322 e. The fourth-order valence-electron chi connectivity index (χ4n) is 2.73. The van der Waals surface area contributed by atoms with Gasteiger partial charge in [-0.15, -0.1) is 11.3 Å². The summed E-state index contributed by atoms with van der Waals surface area (Å²) in [6.07, 6.45) is 4.86. The highest BCUT2D eigenvalue weighted by Gasteiger charge is 2.17. The topological polar surface area (TPSA) is 76.9 Å². The molecule has 0 aliphatic rings. The second kappa shape index (κ2) is 6.53. The molecule has 0 radical (unpaired) electrons. The number of nitrogens with zero attached hydrogens (tertiary/aromatic N) is 3. The second-order valence-electron chi connectivity index (χ2n) is 5.75. The Morgan fingerprint density at radius 3 is 2.92 bits per heavy atom. The number of carbonyl (C=O) groups excluding carboxylic acids is 1. The van der Waals surface area contributed by atoms with Crippen molar-refractivity contribution in [1.82, 2.24) is 14.5 Å². The summed E-state index contributed by atoms with van der Waals surface area (Å²) in [5.41, 5.74) is 4.22. The lowest BCUT2D eigenvalue weighted by Crippen LogP contribution is -2.29. The molecule has 0 bridgehead atoms. The molecule has 0 aliphatic heterocycles. The third-order valence-electron chi connectivity index (χ3n) is 4.04. The number of hydrogen-bond donors (Lipinski definition) is 1. The molecule has 0 aliphatic carbocycles. The molecule has 1 aromatic carbocycles. The molecule has 0 unspecified atom stereocenters. The molecule has 0 spiro atoms. The van der Waals surface area contributed by atoms with Crippen LogP contribution in [0.3, 0.4) is 0 Å². The van der Waals surface area contributed by atoms with Crippen LogP contribution in [0.15, 0.2) is 65.3 Å². The highest BCUT2D eigenvalue weighted by Crippen LogP contribution is 2.22. The number of aromatic nitrogens is 3. The molecule has 4 rings (SSSR count). The molecule has 4 aromatic rings. The summed E-state index contributed by atoms with van der Waals surface area (Å²) in [6.45, 7) is 1.75. The van der Waals surface area contributed by atoms with E-state index in [0.717, 1.165) is 10.2 Å². The number of nitrogens with one attached hydrogen (secondary N) is 1. The van der Waals surface area contributed by atoms with E-state index in [4.69, 9.17) is 0 Å². The smallest absolute Gasteiger partial charge is 0.268 e. The van der Waals surface area contributed by atoms with E-state index >= 15 is 0 Å². The number of hydrogen-bond acceptors (Lipinski definition) is 5. The van der Waals surface area contributed by atoms with Crippen molar-refractivity contribution in [2.45, 2.75) is 6.92 Å². The van der Waals surface area contributed by atoms with Crippen LogP contribution >= 0.6 is 11.3 Å². The first-order chi connectivity index (χ1) is 12.6. The maximum atomic E-state index is 12.9. The Morgan fingerprint density at radius 2 is 2.12 bits per heavy atom. The fourth-order valence-corrected chi connectivity index (χ4v) is 3.45. The summed E-state index contributed by atoms with van der Waals surface area (Å²) in [5.74, 6) is -0.436. The van der Waals surface area contributed by atoms with Crippen molar-refractivity contribution in [2.75, 3.05) is 5.32 Å². The van der Waals surface area contributed by atoms with Gasteiger partial charge in [0.2, 0.25) is 0 Å². The number of rotatable bonds is 3. The van der Waals surface area contributed by atoms with E-state index in [1.807, 2.05) is 12.1 Å². The molecule has 3 aromatic heterocycles. The molecule has 0 fully saturated rings. The molecule has 0 saturated heterocycles. The minimum Gasteiger partial charge on any atom is -0.322 e. The second-order valence-corrected chi connectivity index (χ2v) is 6.64. The summed E-state index contributed by atoms with van der Waals surface area (Å²) in [5, 5.41) is 2.81. The molecular weight excluding hydrogens is 348 g/mol. The predicted octanol–water partition coefficient (Wildman–Crippen LogP) is 3.40. The van der Waals surface area contributed by atoms with Gasteiger partial charge in [0.15, 0.2) is 0 Å². The van der Waals surface area contributed by atoms with Gasteiger partial charge in [-0.25, -0.2) is 4.98 Å². The standard InChI is InChI=1S/C19H14N4O2S/c1-12-6-8-23(14-3-2-7-20-10-14)19(25)17(12)18(24)22-13-4-5-15-16(9-13)26-11-21-15/h2-11H,1H3,(H,22,24). The lowest BCUT2D eigenvalue weighted by atomic mass is 10.1. The van der Waals surface area contributed by atoms with E-state index in [-0.39, 0.29) is 11.1 Å². The predicted molar refractivity (Wildman–Crippen MR) is 102 cm³/mol. The van der Waals surface area contributed by atoms with Crippen molar-refractivity contribution < 1.29 is 4.79 Å². The Bertz CT molecular complexity index is 1170. The van der Waals surface area contributed by atoms with Gasteiger partial charge in [-0.2, -0.15) is 0 Å². The van der Waals surface area contributed by atoms with Crippen LogP contribution in [-0.4, -0.2) is 20.4 Å². The Labute approximate surface area is 152 Å². The normalized spacial score (nSPS) is 10.8. The summed E-state index contributed by atoms with van der Waals surface area (Å²) in [4.78, 5) is 33.9. The number of aryl methyl sites for hydroxylation is 1. The maximum absolute atomic E-state index is 12.9. The number of benzene rings is 1.